The number of ether oxygens (including phenoxy) is 1. The molecule has 2 amide bonds. The molecule has 1 N–H and O–H groups in total. The van der Waals surface area contributed by atoms with Crippen LogP contribution >= 0.6 is 0 Å². The summed E-state index contributed by atoms with van der Waals surface area (Å²) < 4.78 is 19.5. The van der Waals surface area contributed by atoms with Crippen molar-refractivity contribution in [2.45, 2.75) is 19.0 Å². The molecule has 146 valence electrons. The van der Waals surface area contributed by atoms with Crippen LogP contribution in [0.4, 0.5) is 9.18 Å². The maximum atomic E-state index is 14.0. The van der Waals surface area contributed by atoms with Gasteiger partial charge in [-0.3, -0.25) is 0 Å². The second kappa shape index (κ2) is 9.37. The fourth-order valence-corrected chi connectivity index (χ4v) is 3.02. The van der Waals surface area contributed by atoms with E-state index in [0.717, 1.165) is 11.3 Å². The van der Waals surface area contributed by atoms with E-state index in [-0.39, 0.29) is 23.9 Å². The molecule has 0 saturated heterocycles. The number of carbonyl (C=O) groups excluding carboxylic acids is 1. The van der Waals surface area contributed by atoms with Crippen molar-refractivity contribution in [3.63, 3.8) is 0 Å². The van der Waals surface area contributed by atoms with Gasteiger partial charge in [-0.25, -0.2) is 9.18 Å². The number of carbonyl (C=O) groups is 1. The van der Waals surface area contributed by atoms with Crippen molar-refractivity contribution < 1.29 is 13.9 Å². The largest absolute Gasteiger partial charge is 0.496 e. The van der Waals surface area contributed by atoms with Gasteiger partial charge in [-0.1, -0.05) is 36.4 Å². The molecule has 2 rings (SSSR count). The zero-order chi connectivity index (χ0) is 20.0. The van der Waals surface area contributed by atoms with Gasteiger partial charge in [0.1, 0.15) is 11.6 Å². The molecule has 0 spiro atoms. The molecule has 2 aromatic carbocycles. The number of hydrogen-bond donors (Lipinski definition) is 1. The summed E-state index contributed by atoms with van der Waals surface area (Å²) in [6.07, 6.45) is 0. The smallest absolute Gasteiger partial charge is 0.317 e. The van der Waals surface area contributed by atoms with Crippen molar-refractivity contribution in [2.24, 2.45) is 0 Å². The van der Waals surface area contributed by atoms with Gasteiger partial charge in [0.25, 0.3) is 0 Å². The number of halogens is 1. The van der Waals surface area contributed by atoms with E-state index < -0.39 is 0 Å². The van der Waals surface area contributed by atoms with Crippen molar-refractivity contribution in [1.29, 1.82) is 0 Å². The highest BCUT2D eigenvalue weighted by atomic mass is 19.1. The Kier molecular flexibility index (Phi) is 7.19. The van der Waals surface area contributed by atoms with E-state index in [9.17, 15) is 9.18 Å². The van der Waals surface area contributed by atoms with Crippen LogP contribution in [0.1, 0.15) is 30.1 Å². The highest BCUT2D eigenvalue weighted by Gasteiger charge is 2.23. The van der Waals surface area contributed by atoms with Gasteiger partial charge in [0.2, 0.25) is 0 Å². The van der Waals surface area contributed by atoms with E-state index in [1.54, 1.807) is 32.4 Å². The summed E-state index contributed by atoms with van der Waals surface area (Å²) in [6.45, 7) is 2.21. The van der Waals surface area contributed by atoms with Crippen molar-refractivity contribution >= 4 is 6.03 Å². The molecule has 0 bridgehead atoms. The number of rotatable bonds is 7. The number of urea groups is 1. The first kappa shape index (κ1) is 20.7. The number of nitrogens with one attached hydrogen (secondary N) is 1. The van der Waals surface area contributed by atoms with Crippen LogP contribution in [0.5, 0.6) is 5.75 Å². The summed E-state index contributed by atoms with van der Waals surface area (Å²) in [7, 11) is 7.21. The predicted molar refractivity (Wildman–Crippen MR) is 105 cm³/mol. The topological polar surface area (TPSA) is 44.8 Å². The van der Waals surface area contributed by atoms with Gasteiger partial charge in [-0.15, -0.1) is 0 Å². The number of para-hydroxylation sites is 1. The monoisotopic (exact) mass is 373 g/mol. The molecule has 27 heavy (non-hydrogen) atoms. The molecule has 0 aromatic heterocycles. The lowest BCUT2D eigenvalue weighted by Gasteiger charge is -2.29. The van der Waals surface area contributed by atoms with Crippen LogP contribution in [-0.4, -0.2) is 50.6 Å². The molecule has 2 atom stereocenters. The minimum atomic E-state index is -0.379. The summed E-state index contributed by atoms with van der Waals surface area (Å²) in [5, 5.41) is 2.95. The number of amides is 2. The van der Waals surface area contributed by atoms with Gasteiger partial charge in [0, 0.05) is 24.7 Å². The van der Waals surface area contributed by atoms with Crippen LogP contribution < -0.4 is 10.1 Å². The van der Waals surface area contributed by atoms with E-state index in [0.29, 0.717) is 12.1 Å². The third kappa shape index (κ3) is 4.98. The third-order valence-electron chi connectivity index (χ3n) is 4.82. The lowest BCUT2D eigenvalue weighted by molar-refractivity contribution is 0.187. The van der Waals surface area contributed by atoms with Gasteiger partial charge in [-0.05, 0) is 33.2 Å². The first-order valence-electron chi connectivity index (χ1n) is 8.91. The van der Waals surface area contributed by atoms with Crippen LogP contribution in [0.15, 0.2) is 48.5 Å². The highest BCUT2D eigenvalue weighted by Crippen LogP contribution is 2.27. The lowest BCUT2D eigenvalue weighted by Crippen LogP contribution is -2.42. The Morgan fingerprint density at radius 3 is 2.26 bits per heavy atom. The Morgan fingerprint density at radius 1 is 1.07 bits per heavy atom. The van der Waals surface area contributed by atoms with Gasteiger partial charge in [-0.2, -0.15) is 0 Å². The number of likely N-dealkylation sites (N-methyl/N-ethyl adjacent to an activating group) is 1. The molecule has 2 unspecified atom stereocenters. The fraction of sp³-hybridized carbons (Fsp3) is 0.381. The standard InChI is InChI=1S/C21H28FN3O2/c1-15(16-10-6-8-12-18(16)22)25(4)21(26)23-14-19(24(2)3)17-11-7-9-13-20(17)27-5/h6-13,15,19H,14H2,1-5H3,(H,23,26). The number of nitrogens with zero attached hydrogens (tertiary/aromatic N) is 2. The summed E-state index contributed by atoms with van der Waals surface area (Å²) >= 11 is 0. The van der Waals surface area contributed by atoms with Crippen LogP contribution in [0.3, 0.4) is 0 Å². The average molecular weight is 373 g/mol. The van der Waals surface area contributed by atoms with Crippen LogP contribution in [-0.2, 0) is 0 Å². The van der Waals surface area contributed by atoms with E-state index in [2.05, 4.69) is 5.32 Å². The molecular weight excluding hydrogens is 345 g/mol. The lowest BCUT2D eigenvalue weighted by atomic mass is 10.0. The summed E-state index contributed by atoms with van der Waals surface area (Å²) in [5.74, 6) is 0.461. The third-order valence-corrected chi connectivity index (χ3v) is 4.82. The second-order valence-corrected chi connectivity index (χ2v) is 6.72. The Hall–Kier alpha value is -2.60. The Bertz CT molecular complexity index is 767. The zero-order valence-corrected chi connectivity index (χ0v) is 16.6. The van der Waals surface area contributed by atoms with Gasteiger partial charge >= 0.3 is 6.03 Å². The van der Waals surface area contributed by atoms with Crippen molar-refractivity contribution in [3.8, 4) is 5.75 Å². The van der Waals surface area contributed by atoms with Crippen molar-refractivity contribution in [3.05, 3.63) is 65.5 Å². The summed E-state index contributed by atoms with van der Waals surface area (Å²) in [6, 6.07) is 13.6. The van der Waals surface area contributed by atoms with Gasteiger partial charge < -0.3 is 19.9 Å². The SMILES string of the molecule is COc1ccccc1C(CNC(=O)N(C)C(C)c1ccccc1F)N(C)C. The van der Waals surface area contributed by atoms with Crippen molar-refractivity contribution in [1.82, 2.24) is 15.1 Å². The summed E-state index contributed by atoms with van der Waals surface area (Å²) in [4.78, 5) is 16.2. The molecule has 0 aliphatic rings. The first-order valence-corrected chi connectivity index (χ1v) is 8.91. The maximum Gasteiger partial charge on any atom is 0.317 e. The normalized spacial score (nSPS) is 13.1. The zero-order valence-electron chi connectivity index (χ0n) is 16.6. The molecule has 0 aliphatic heterocycles. The molecule has 0 fully saturated rings. The maximum absolute atomic E-state index is 14.0. The molecule has 0 aliphatic carbocycles. The van der Waals surface area contributed by atoms with Crippen LogP contribution in [0, 0.1) is 5.82 Å². The van der Waals surface area contributed by atoms with Gasteiger partial charge in [0.15, 0.2) is 0 Å². The minimum absolute atomic E-state index is 0.0535. The fourth-order valence-electron chi connectivity index (χ4n) is 3.02. The van der Waals surface area contributed by atoms with E-state index in [1.807, 2.05) is 50.2 Å². The van der Waals surface area contributed by atoms with E-state index in [4.69, 9.17) is 4.74 Å². The molecule has 0 radical (unpaired) electrons. The molecular formula is C21H28FN3O2. The van der Waals surface area contributed by atoms with Crippen LogP contribution in [0.2, 0.25) is 0 Å². The number of hydrogen-bond acceptors (Lipinski definition) is 3. The second-order valence-electron chi connectivity index (χ2n) is 6.72. The molecule has 0 saturated carbocycles. The predicted octanol–water partition coefficient (Wildman–Crippen LogP) is 3.84. The van der Waals surface area contributed by atoms with Gasteiger partial charge in [0.05, 0.1) is 19.2 Å². The number of benzene rings is 2. The first-order chi connectivity index (χ1) is 12.9. The Labute approximate surface area is 160 Å². The number of methoxy groups -OCH3 is 1. The Balaban J connectivity index is 2.08. The summed E-state index contributed by atoms with van der Waals surface area (Å²) in [5.41, 5.74) is 1.49. The minimum Gasteiger partial charge on any atom is -0.496 e. The molecule has 0 heterocycles. The Morgan fingerprint density at radius 2 is 1.67 bits per heavy atom. The van der Waals surface area contributed by atoms with Crippen molar-refractivity contribution in [2.75, 3.05) is 34.8 Å². The molecule has 6 heteroatoms. The average Bonchev–Trinajstić information content (AvgIpc) is 2.67. The highest BCUT2D eigenvalue weighted by molar-refractivity contribution is 5.74. The van der Waals surface area contributed by atoms with E-state index >= 15 is 0 Å². The van der Waals surface area contributed by atoms with Crippen LogP contribution in [0.25, 0.3) is 0 Å². The quantitative estimate of drug-likeness (QED) is 0.802. The molecule has 5 nitrogen and oxygen atoms in total. The molecule has 2 aromatic rings. The van der Waals surface area contributed by atoms with E-state index in [1.165, 1.54) is 11.0 Å².